The topological polar surface area (TPSA) is 66.3 Å². The zero-order valence-corrected chi connectivity index (χ0v) is 16.5. The number of carbonyl (C=O) groups excluding carboxylic acids is 1. The summed E-state index contributed by atoms with van der Waals surface area (Å²) in [5, 5.41) is 8.37. The molecular formula is C14H11BrCl3N3O2S. The molecule has 1 amide bonds. The first-order chi connectivity index (χ1) is 11.3. The first kappa shape index (κ1) is 19.3. The molecule has 0 fully saturated rings. The first-order valence-electron chi connectivity index (χ1n) is 6.50. The van der Waals surface area contributed by atoms with E-state index in [0.29, 0.717) is 0 Å². The van der Waals surface area contributed by atoms with Crippen LogP contribution < -0.4 is 16.0 Å². The second-order valence-corrected chi connectivity index (χ2v) is 8.23. The van der Waals surface area contributed by atoms with Crippen LogP contribution in [0.15, 0.2) is 51.6 Å². The number of hydrogen-bond donors (Lipinski definition) is 3. The summed E-state index contributed by atoms with van der Waals surface area (Å²) in [6.45, 7) is 0. The van der Waals surface area contributed by atoms with Gasteiger partial charge in [-0.3, -0.25) is 4.79 Å². The van der Waals surface area contributed by atoms with Crippen LogP contribution in [-0.4, -0.2) is 21.0 Å². The Morgan fingerprint density at radius 2 is 1.96 bits per heavy atom. The number of amides is 1. The van der Waals surface area contributed by atoms with Crippen molar-refractivity contribution in [2.45, 2.75) is 9.96 Å². The molecule has 0 saturated carbocycles. The fraction of sp³-hybridized carbons (Fsp3) is 0.143. The minimum Gasteiger partial charge on any atom is -0.459 e. The number of rotatable bonds is 4. The minimum atomic E-state index is -1.84. The second-order valence-electron chi connectivity index (χ2n) is 4.53. The molecule has 24 heavy (non-hydrogen) atoms. The fourth-order valence-electron chi connectivity index (χ4n) is 1.67. The second kappa shape index (κ2) is 8.40. The number of thiocarbonyl (C=S) groups is 1. The highest BCUT2D eigenvalue weighted by Crippen LogP contribution is 2.29. The highest BCUT2D eigenvalue weighted by atomic mass is 79.9. The zero-order chi connectivity index (χ0) is 17.7. The average molecular weight is 472 g/mol. The third-order valence-corrected chi connectivity index (χ3v) is 4.07. The summed E-state index contributed by atoms with van der Waals surface area (Å²) < 4.78 is 4.03. The van der Waals surface area contributed by atoms with Crippen LogP contribution in [0.1, 0.15) is 10.6 Å². The van der Waals surface area contributed by atoms with E-state index in [2.05, 4.69) is 31.9 Å². The van der Waals surface area contributed by atoms with Gasteiger partial charge in [0, 0.05) is 10.2 Å². The molecule has 1 aromatic carbocycles. The standard InChI is InChI=1S/C14H11BrCl3N3O2S/c15-8-3-1-4-9(7-8)19-13(24)21-12(14(16,17)18)20-11(22)10-5-2-6-23-10/h1-7,12H,(H,20,22)(H2,19,21,24)/t12-/m0/s1. The first-order valence-corrected chi connectivity index (χ1v) is 8.83. The Morgan fingerprint density at radius 1 is 1.21 bits per heavy atom. The van der Waals surface area contributed by atoms with Gasteiger partial charge in [0.05, 0.1) is 6.26 Å². The predicted octanol–water partition coefficient (Wildman–Crippen LogP) is 4.45. The number of hydrogen-bond acceptors (Lipinski definition) is 3. The molecule has 2 rings (SSSR count). The molecule has 2 aromatic rings. The zero-order valence-electron chi connectivity index (χ0n) is 11.9. The van der Waals surface area contributed by atoms with E-state index in [1.54, 1.807) is 6.07 Å². The molecule has 0 bridgehead atoms. The Hall–Kier alpha value is -0.990. The average Bonchev–Trinajstić information content (AvgIpc) is 2.99. The molecule has 1 aromatic heterocycles. The van der Waals surface area contributed by atoms with Gasteiger partial charge in [-0.2, -0.15) is 0 Å². The Morgan fingerprint density at radius 3 is 2.54 bits per heavy atom. The number of halogens is 4. The molecule has 0 aliphatic carbocycles. The minimum absolute atomic E-state index is 0.0851. The van der Waals surface area contributed by atoms with Gasteiger partial charge in [-0.15, -0.1) is 0 Å². The third-order valence-electron chi connectivity index (χ3n) is 2.71. The summed E-state index contributed by atoms with van der Waals surface area (Å²) in [6, 6.07) is 10.4. The highest BCUT2D eigenvalue weighted by molar-refractivity contribution is 9.10. The lowest BCUT2D eigenvalue weighted by atomic mass is 10.3. The van der Waals surface area contributed by atoms with E-state index in [0.717, 1.165) is 10.2 Å². The maximum Gasteiger partial charge on any atom is 0.288 e. The van der Waals surface area contributed by atoms with Crippen molar-refractivity contribution in [2.24, 2.45) is 0 Å². The molecule has 10 heteroatoms. The molecule has 3 N–H and O–H groups in total. The molecule has 0 aliphatic heterocycles. The van der Waals surface area contributed by atoms with Crippen molar-refractivity contribution in [1.82, 2.24) is 10.6 Å². The van der Waals surface area contributed by atoms with Crippen LogP contribution in [0.3, 0.4) is 0 Å². The van der Waals surface area contributed by atoms with Crippen molar-refractivity contribution in [1.29, 1.82) is 0 Å². The number of nitrogens with one attached hydrogen (secondary N) is 3. The van der Waals surface area contributed by atoms with Crippen molar-refractivity contribution in [3.8, 4) is 0 Å². The van der Waals surface area contributed by atoms with E-state index in [9.17, 15) is 4.79 Å². The monoisotopic (exact) mass is 469 g/mol. The third kappa shape index (κ3) is 5.82. The van der Waals surface area contributed by atoms with Gasteiger partial charge in [-0.25, -0.2) is 0 Å². The van der Waals surface area contributed by atoms with E-state index < -0.39 is 15.9 Å². The van der Waals surface area contributed by atoms with Gasteiger partial charge in [0.15, 0.2) is 10.9 Å². The molecule has 1 atom stereocenters. The van der Waals surface area contributed by atoms with Crippen molar-refractivity contribution in [3.05, 3.63) is 52.9 Å². The summed E-state index contributed by atoms with van der Waals surface area (Å²) in [4.78, 5) is 12.1. The molecule has 0 unspecified atom stereocenters. The van der Waals surface area contributed by atoms with Crippen molar-refractivity contribution >= 4 is 79.7 Å². The molecular weight excluding hydrogens is 461 g/mol. The van der Waals surface area contributed by atoms with Gasteiger partial charge in [-0.05, 0) is 42.5 Å². The molecule has 128 valence electrons. The fourth-order valence-corrected chi connectivity index (χ4v) is 2.64. The molecule has 0 aliphatic rings. The van der Waals surface area contributed by atoms with Crippen LogP contribution in [0.2, 0.25) is 0 Å². The summed E-state index contributed by atoms with van der Waals surface area (Å²) in [5.41, 5.74) is 0.724. The van der Waals surface area contributed by atoms with Gasteiger partial charge in [0.1, 0.15) is 6.17 Å². The van der Waals surface area contributed by atoms with Crippen LogP contribution >= 0.6 is 63.0 Å². The Bertz CT molecular complexity index is 722. The van der Waals surface area contributed by atoms with Gasteiger partial charge in [-0.1, -0.05) is 56.8 Å². The lowest BCUT2D eigenvalue weighted by molar-refractivity contribution is 0.0906. The summed E-state index contributed by atoms with van der Waals surface area (Å²) in [6.07, 6.45) is 0.291. The number of carbonyl (C=O) groups is 1. The lowest BCUT2D eigenvalue weighted by Gasteiger charge is -2.27. The van der Waals surface area contributed by atoms with Gasteiger partial charge in [0.2, 0.25) is 3.79 Å². The van der Waals surface area contributed by atoms with Crippen molar-refractivity contribution in [3.63, 3.8) is 0 Å². The Labute approximate surface area is 167 Å². The molecule has 5 nitrogen and oxygen atoms in total. The molecule has 0 spiro atoms. The summed E-state index contributed by atoms with van der Waals surface area (Å²) >= 11 is 26.3. The molecule has 0 radical (unpaired) electrons. The van der Waals surface area contributed by atoms with E-state index in [4.69, 9.17) is 51.4 Å². The maximum atomic E-state index is 12.1. The maximum absolute atomic E-state index is 12.1. The highest BCUT2D eigenvalue weighted by Gasteiger charge is 2.35. The summed E-state index contributed by atoms with van der Waals surface area (Å²) in [5.74, 6) is -0.462. The van der Waals surface area contributed by atoms with Crippen LogP contribution in [0.4, 0.5) is 5.69 Å². The smallest absolute Gasteiger partial charge is 0.288 e. The van der Waals surface area contributed by atoms with Gasteiger partial charge in [0.25, 0.3) is 5.91 Å². The van der Waals surface area contributed by atoms with Crippen molar-refractivity contribution < 1.29 is 9.21 Å². The predicted molar refractivity (Wildman–Crippen MR) is 104 cm³/mol. The van der Waals surface area contributed by atoms with Crippen LogP contribution in [0.25, 0.3) is 0 Å². The quantitative estimate of drug-likeness (QED) is 0.349. The number of anilines is 1. The lowest BCUT2D eigenvalue weighted by Crippen LogP contribution is -2.56. The van der Waals surface area contributed by atoms with Crippen molar-refractivity contribution in [2.75, 3.05) is 5.32 Å². The number of benzene rings is 1. The van der Waals surface area contributed by atoms with E-state index in [-0.39, 0.29) is 10.9 Å². The van der Waals surface area contributed by atoms with Crippen LogP contribution in [0, 0.1) is 0 Å². The van der Waals surface area contributed by atoms with E-state index in [1.807, 2.05) is 24.3 Å². The normalized spacial score (nSPS) is 12.3. The Kier molecular flexibility index (Phi) is 6.77. The Balaban J connectivity index is 2.03. The van der Waals surface area contributed by atoms with E-state index in [1.165, 1.54) is 12.3 Å². The largest absolute Gasteiger partial charge is 0.459 e. The summed E-state index contributed by atoms with van der Waals surface area (Å²) in [7, 11) is 0. The van der Waals surface area contributed by atoms with Crippen LogP contribution in [0.5, 0.6) is 0 Å². The molecule has 0 saturated heterocycles. The van der Waals surface area contributed by atoms with Gasteiger partial charge < -0.3 is 20.4 Å². The van der Waals surface area contributed by atoms with Crippen LogP contribution in [-0.2, 0) is 0 Å². The van der Waals surface area contributed by atoms with Gasteiger partial charge >= 0.3 is 0 Å². The number of furan rings is 1. The molecule has 1 heterocycles. The number of alkyl halides is 3. The van der Waals surface area contributed by atoms with E-state index >= 15 is 0 Å². The SMILES string of the molecule is O=C(N[C@@H](NC(=S)Nc1cccc(Br)c1)C(Cl)(Cl)Cl)c1ccco1.